The van der Waals surface area contributed by atoms with Crippen molar-refractivity contribution in [2.24, 2.45) is 5.73 Å². The molecule has 0 saturated carbocycles. The normalized spacial score (nSPS) is 10.4. The largest absolute Gasteiger partial charge is 0.389 e. The van der Waals surface area contributed by atoms with Gasteiger partial charge < -0.3 is 20.1 Å². The quantitative estimate of drug-likeness (QED) is 0.553. The Morgan fingerprint density at radius 3 is 2.79 bits per heavy atom. The highest BCUT2D eigenvalue weighted by Crippen LogP contribution is 2.15. The van der Waals surface area contributed by atoms with Gasteiger partial charge in [-0.15, -0.1) is 0 Å². The SMILES string of the molecule is COCCOCCCN(C)c1cccc(C(N)=S)c1. The first-order valence-corrected chi connectivity index (χ1v) is 6.73. The first-order valence-electron chi connectivity index (χ1n) is 6.33. The van der Waals surface area contributed by atoms with Gasteiger partial charge in [-0.05, 0) is 18.6 Å². The molecule has 2 N–H and O–H groups in total. The zero-order chi connectivity index (χ0) is 14.1. The van der Waals surface area contributed by atoms with Gasteiger partial charge >= 0.3 is 0 Å². The van der Waals surface area contributed by atoms with Crippen molar-refractivity contribution in [3.63, 3.8) is 0 Å². The van der Waals surface area contributed by atoms with Gasteiger partial charge in [0.2, 0.25) is 0 Å². The molecule has 0 bridgehead atoms. The number of hydrogen-bond acceptors (Lipinski definition) is 4. The molecule has 0 amide bonds. The topological polar surface area (TPSA) is 47.7 Å². The summed E-state index contributed by atoms with van der Waals surface area (Å²) in [7, 11) is 3.72. The van der Waals surface area contributed by atoms with E-state index in [1.165, 1.54) is 0 Å². The predicted molar refractivity (Wildman–Crippen MR) is 82.9 cm³/mol. The number of anilines is 1. The molecule has 106 valence electrons. The molecule has 5 heteroatoms. The maximum Gasteiger partial charge on any atom is 0.104 e. The van der Waals surface area contributed by atoms with Crippen molar-refractivity contribution >= 4 is 22.9 Å². The summed E-state index contributed by atoms with van der Waals surface area (Å²) in [5.41, 5.74) is 7.64. The minimum atomic E-state index is 0.429. The average Bonchev–Trinajstić information content (AvgIpc) is 2.42. The van der Waals surface area contributed by atoms with E-state index in [0.717, 1.165) is 30.8 Å². The summed E-state index contributed by atoms with van der Waals surface area (Å²) in [5.74, 6) is 0. The fraction of sp³-hybridized carbons (Fsp3) is 0.500. The highest BCUT2D eigenvalue weighted by atomic mass is 32.1. The number of thiocarbonyl (C=S) groups is 1. The number of nitrogens with two attached hydrogens (primary N) is 1. The van der Waals surface area contributed by atoms with E-state index in [4.69, 9.17) is 27.4 Å². The molecule has 0 atom stereocenters. The molecular weight excluding hydrogens is 260 g/mol. The van der Waals surface area contributed by atoms with E-state index in [-0.39, 0.29) is 0 Å². The Kier molecular flexibility index (Phi) is 7.40. The van der Waals surface area contributed by atoms with E-state index >= 15 is 0 Å². The number of hydrogen-bond donors (Lipinski definition) is 1. The molecule has 0 saturated heterocycles. The van der Waals surface area contributed by atoms with Gasteiger partial charge in [-0.2, -0.15) is 0 Å². The smallest absolute Gasteiger partial charge is 0.104 e. The number of methoxy groups -OCH3 is 1. The van der Waals surface area contributed by atoms with E-state index in [1.54, 1.807) is 7.11 Å². The van der Waals surface area contributed by atoms with Gasteiger partial charge in [-0.1, -0.05) is 24.4 Å². The summed E-state index contributed by atoms with van der Waals surface area (Å²) >= 11 is 4.98. The van der Waals surface area contributed by atoms with Gasteiger partial charge in [0.15, 0.2) is 0 Å². The summed E-state index contributed by atoms with van der Waals surface area (Å²) in [4.78, 5) is 2.60. The first-order chi connectivity index (χ1) is 9.15. The molecule has 0 aliphatic heterocycles. The number of ether oxygens (including phenoxy) is 2. The van der Waals surface area contributed by atoms with Gasteiger partial charge in [0.05, 0.1) is 13.2 Å². The van der Waals surface area contributed by atoms with Crippen LogP contribution in [0.2, 0.25) is 0 Å². The Hall–Kier alpha value is -1.17. The first kappa shape index (κ1) is 15.9. The highest BCUT2D eigenvalue weighted by Gasteiger charge is 2.03. The Bertz CT molecular complexity index is 399. The Morgan fingerprint density at radius 2 is 2.11 bits per heavy atom. The summed E-state index contributed by atoms with van der Waals surface area (Å²) in [5, 5.41) is 0. The third kappa shape index (κ3) is 6.00. The van der Waals surface area contributed by atoms with E-state index in [2.05, 4.69) is 4.90 Å². The minimum absolute atomic E-state index is 0.429. The van der Waals surface area contributed by atoms with Crippen molar-refractivity contribution in [1.82, 2.24) is 0 Å². The lowest BCUT2D eigenvalue weighted by Gasteiger charge is -2.19. The standard InChI is InChI=1S/C14H22N2O2S/c1-16(7-4-8-18-10-9-17-2)13-6-3-5-12(11-13)14(15)19/h3,5-6,11H,4,7-10H2,1-2H3,(H2,15,19). The van der Waals surface area contributed by atoms with Gasteiger partial charge in [0.1, 0.15) is 4.99 Å². The van der Waals surface area contributed by atoms with Crippen molar-refractivity contribution in [1.29, 1.82) is 0 Å². The van der Waals surface area contributed by atoms with Gasteiger partial charge in [0, 0.05) is 38.6 Å². The number of nitrogens with zero attached hydrogens (tertiary/aromatic N) is 1. The van der Waals surface area contributed by atoms with Crippen molar-refractivity contribution in [3.8, 4) is 0 Å². The molecule has 0 heterocycles. The molecule has 4 nitrogen and oxygen atoms in total. The monoisotopic (exact) mass is 282 g/mol. The molecule has 0 fully saturated rings. The molecule has 0 unspecified atom stereocenters. The third-order valence-corrected chi connectivity index (χ3v) is 3.02. The van der Waals surface area contributed by atoms with Crippen LogP contribution in [-0.2, 0) is 9.47 Å². The Labute approximate surface area is 120 Å². The van der Waals surface area contributed by atoms with Crippen LogP contribution in [0.4, 0.5) is 5.69 Å². The van der Waals surface area contributed by atoms with Crippen molar-refractivity contribution in [2.45, 2.75) is 6.42 Å². The van der Waals surface area contributed by atoms with Crippen LogP contribution in [0.3, 0.4) is 0 Å². The maximum absolute atomic E-state index is 5.63. The van der Waals surface area contributed by atoms with Crippen LogP contribution in [-0.4, -0.2) is 45.5 Å². The third-order valence-electron chi connectivity index (χ3n) is 2.79. The molecule has 0 spiro atoms. The molecule has 1 aromatic rings. The van der Waals surface area contributed by atoms with Crippen molar-refractivity contribution in [2.75, 3.05) is 45.4 Å². The predicted octanol–water partition coefficient (Wildman–Crippen LogP) is 1.81. The Morgan fingerprint density at radius 1 is 1.32 bits per heavy atom. The van der Waals surface area contributed by atoms with Crippen LogP contribution >= 0.6 is 12.2 Å². The molecule has 0 radical (unpaired) electrons. The lowest BCUT2D eigenvalue weighted by Crippen LogP contribution is -2.21. The summed E-state index contributed by atoms with van der Waals surface area (Å²) in [6.07, 6.45) is 0.970. The molecule has 0 aromatic heterocycles. The molecule has 1 rings (SSSR count). The van der Waals surface area contributed by atoms with E-state index in [1.807, 2.05) is 31.3 Å². The highest BCUT2D eigenvalue weighted by molar-refractivity contribution is 7.80. The second kappa shape index (κ2) is 8.85. The van der Waals surface area contributed by atoms with E-state index in [0.29, 0.717) is 18.2 Å². The molecule has 0 aliphatic rings. The number of rotatable bonds is 9. The summed E-state index contributed by atoms with van der Waals surface area (Å²) in [6.45, 7) is 2.96. The van der Waals surface area contributed by atoms with Crippen LogP contribution in [0.15, 0.2) is 24.3 Å². The molecular formula is C14H22N2O2S. The molecule has 19 heavy (non-hydrogen) atoms. The number of benzene rings is 1. The second-order valence-electron chi connectivity index (χ2n) is 4.29. The van der Waals surface area contributed by atoms with Crippen LogP contribution < -0.4 is 10.6 Å². The summed E-state index contributed by atoms with van der Waals surface area (Å²) < 4.78 is 10.3. The fourth-order valence-electron chi connectivity index (χ4n) is 1.67. The lowest BCUT2D eigenvalue weighted by atomic mass is 10.2. The van der Waals surface area contributed by atoms with Crippen LogP contribution in [0.25, 0.3) is 0 Å². The molecule has 1 aromatic carbocycles. The minimum Gasteiger partial charge on any atom is -0.389 e. The van der Waals surface area contributed by atoms with Gasteiger partial charge in [-0.25, -0.2) is 0 Å². The average molecular weight is 282 g/mol. The summed E-state index contributed by atoms with van der Waals surface area (Å²) in [6, 6.07) is 7.95. The van der Waals surface area contributed by atoms with Crippen LogP contribution in [0.5, 0.6) is 0 Å². The van der Waals surface area contributed by atoms with Crippen LogP contribution in [0.1, 0.15) is 12.0 Å². The molecule has 0 aliphatic carbocycles. The zero-order valence-corrected chi connectivity index (χ0v) is 12.4. The van der Waals surface area contributed by atoms with Crippen molar-refractivity contribution in [3.05, 3.63) is 29.8 Å². The zero-order valence-electron chi connectivity index (χ0n) is 11.6. The van der Waals surface area contributed by atoms with Gasteiger partial charge in [0.25, 0.3) is 0 Å². The van der Waals surface area contributed by atoms with E-state index < -0.39 is 0 Å². The lowest BCUT2D eigenvalue weighted by molar-refractivity contribution is 0.0701. The van der Waals surface area contributed by atoms with Crippen LogP contribution in [0, 0.1) is 0 Å². The van der Waals surface area contributed by atoms with Gasteiger partial charge in [-0.3, -0.25) is 0 Å². The maximum atomic E-state index is 5.63. The Balaban J connectivity index is 2.34. The second-order valence-corrected chi connectivity index (χ2v) is 4.73. The van der Waals surface area contributed by atoms with Crippen molar-refractivity contribution < 1.29 is 9.47 Å². The van der Waals surface area contributed by atoms with E-state index in [9.17, 15) is 0 Å². The fourth-order valence-corrected chi connectivity index (χ4v) is 1.80.